The van der Waals surface area contributed by atoms with Crippen LogP contribution in [0.25, 0.3) is 33.4 Å². The van der Waals surface area contributed by atoms with Crippen LogP contribution in [0, 0.1) is 18.3 Å². The van der Waals surface area contributed by atoms with Gasteiger partial charge in [-0.1, -0.05) is 23.7 Å². The van der Waals surface area contributed by atoms with Gasteiger partial charge in [0.25, 0.3) is 0 Å². The van der Waals surface area contributed by atoms with Crippen LogP contribution in [0.2, 0.25) is 5.02 Å². The summed E-state index contributed by atoms with van der Waals surface area (Å²) >= 11 is 6.41. The summed E-state index contributed by atoms with van der Waals surface area (Å²) in [5.74, 6) is 0.0578. The summed E-state index contributed by atoms with van der Waals surface area (Å²) in [6.45, 7) is 4.08. The van der Waals surface area contributed by atoms with Crippen molar-refractivity contribution in [2.75, 3.05) is 18.0 Å². The van der Waals surface area contributed by atoms with Gasteiger partial charge in [0, 0.05) is 35.6 Å². The number of H-pyrrole nitrogens is 1. The second-order valence-electron chi connectivity index (χ2n) is 8.13. The third kappa shape index (κ3) is 3.45. The Bertz CT molecular complexity index is 1350. The third-order valence-corrected chi connectivity index (χ3v) is 6.39. The number of aryl methyl sites for hydroxylation is 1. The quantitative estimate of drug-likeness (QED) is 0.416. The maximum atomic E-state index is 10.2. The Morgan fingerprint density at radius 1 is 1.09 bits per heavy atom. The van der Waals surface area contributed by atoms with Crippen LogP contribution < -0.4 is 4.90 Å². The first kappa shape index (κ1) is 20.3. The minimum Gasteiger partial charge on any atom is -0.508 e. The average Bonchev–Trinajstić information content (AvgIpc) is 3.19. The number of hydrogen-bond donors (Lipinski definition) is 2. The number of piperidine rings is 1. The van der Waals surface area contributed by atoms with E-state index in [0.29, 0.717) is 27.5 Å². The number of nitrogens with one attached hydrogen (secondary N) is 1. The van der Waals surface area contributed by atoms with E-state index in [-0.39, 0.29) is 5.75 Å². The van der Waals surface area contributed by atoms with Crippen molar-refractivity contribution in [3.05, 3.63) is 58.7 Å². The standard InChI is InChI=1S/C25H22ClN5O/c1-15-22-23(16-5-7-17(8-6-16)31-11-3-2-4-12-31)20(14-27)24(28-25(22)30-29-15)19-10-9-18(32)13-21(19)26/h5-10,13,32H,2-4,11-12H2,1H3,(H,28,29,30). The Hall–Kier alpha value is -3.56. The van der Waals surface area contributed by atoms with Crippen LogP contribution in [0.4, 0.5) is 5.69 Å². The zero-order valence-electron chi connectivity index (χ0n) is 17.7. The van der Waals surface area contributed by atoms with Gasteiger partial charge in [-0.15, -0.1) is 0 Å². The van der Waals surface area contributed by atoms with E-state index in [1.807, 2.05) is 6.92 Å². The predicted molar refractivity (Wildman–Crippen MR) is 127 cm³/mol. The number of nitrogens with zero attached hydrogens (tertiary/aromatic N) is 4. The highest BCUT2D eigenvalue weighted by molar-refractivity contribution is 6.33. The highest BCUT2D eigenvalue weighted by atomic mass is 35.5. The van der Waals surface area contributed by atoms with Gasteiger partial charge in [-0.05, 0) is 62.1 Å². The highest BCUT2D eigenvalue weighted by Crippen LogP contribution is 2.40. The third-order valence-electron chi connectivity index (χ3n) is 6.08. The van der Waals surface area contributed by atoms with Gasteiger partial charge in [-0.2, -0.15) is 10.4 Å². The van der Waals surface area contributed by atoms with Crippen molar-refractivity contribution in [3.63, 3.8) is 0 Å². The van der Waals surface area contributed by atoms with Crippen LogP contribution >= 0.6 is 11.6 Å². The number of aromatic nitrogens is 3. The van der Waals surface area contributed by atoms with E-state index in [0.717, 1.165) is 35.3 Å². The maximum absolute atomic E-state index is 10.2. The molecule has 6 nitrogen and oxygen atoms in total. The molecular weight excluding hydrogens is 422 g/mol. The van der Waals surface area contributed by atoms with Crippen molar-refractivity contribution in [2.45, 2.75) is 26.2 Å². The molecule has 0 aliphatic carbocycles. The number of rotatable bonds is 3. The minimum atomic E-state index is 0.0578. The summed E-state index contributed by atoms with van der Waals surface area (Å²) < 4.78 is 0. The monoisotopic (exact) mass is 443 g/mol. The van der Waals surface area contributed by atoms with Gasteiger partial charge >= 0.3 is 0 Å². The Balaban J connectivity index is 1.71. The zero-order valence-corrected chi connectivity index (χ0v) is 18.4. The summed E-state index contributed by atoms with van der Waals surface area (Å²) in [5, 5.41) is 28.5. The van der Waals surface area contributed by atoms with Gasteiger partial charge < -0.3 is 10.0 Å². The van der Waals surface area contributed by atoms with E-state index in [4.69, 9.17) is 11.6 Å². The topological polar surface area (TPSA) is 88.8 Å². The maximum Gasteiger partial charge on any atom is 0.182 e. The molecule has 7 heteroatoms. The van der Waals surface area contributed by atoms with E-state index in [9.17, 15) is 10.4 Å². The Morgan fingerprint density at radius 2 is 1.84 bits per heavy atom. The predicted octanol–water partition coefficient (Wildman–Crippen LogP) is 5.82. The number of aromatic hydroxyl groups is 1. The van der Waals surface area contributed by atoms with Crippen molar-refractivity contribution in [1.82, 2.24) is 15.2 Å². The molecule has 2 aromatic carbocycles. The lowest BCUT2D eigenvalue weighted by Gasteiger charge is -2.29. The van der Waals surface area contributed by atoms with E-state index < -0.39 is 0 Å². The van der Waals surface area contributed by atoms with Gasteiger partial charge in [0.15, 0.2) is 5.65 Å². The lowest BCUT2D eigenvalue weighted by Crippen LogP contribution is -2.29. The lowest BCUT2D eigenvalue weighted by atomic mass is 9.93. The van der Waals surface area contributed by atoms with Gasteiger partial charge in [-0.25, -0.2) is 4.98 Å². The van der Waals surface area contributed by atoms with Crippen molar-refractivity contribution in [2.24, 2.45) is 0 Å². The van der Waals surface area contributed by atoms with Gasteiger partial charge in [-0.3, -0.25) is 5.10 Å². The number of benzene rings is 2. The van der Waals surface area contributed by atoms with Crippen LogP contribution in [-0.4, -0.2) is 33.4 Å². The zero-order chi connectivity index (χ0) is 22.2. The molecule has 5 rings (SSSR count). The normalized spacial score (nSPS) is 14.0. The van der Waals surface area contributed by atoms with Crippen LogP contribution in [0.1, 0.15) is 30.5 Å². The first-order valence-corrected chi connectivity index (χ1v) is 11.1. The van der Waals surface area contributed by atoms with Gasteiger partial charge in [0.2, 0.25) is 0 Å². The largest absolute Gasteiger partial charge is 0.508 e. The molecule has 0 atom stereocenters. The number of phenolic OH excluding ortho intramolecular Hbond substituents is 1. The minimum absolute atomic E-state index is 0.0578. The van der Waals surface area contributed by atoms with Crippen molar-refractivity contribution in [3.8, 4) is 34.2 Å². The van der Waals surface area contributed by atoms with Crippen LogP contribution in [0.3, 0.4) is 0 Å². The molecule has 0 unspecified atom stereocenters. The fourth-order valence-corrected chi connectivity index (χ4v) is 4.75. The molecule has 1 aliphatic rings. The van der Waals surface area contributed by atoms with E-state index in [2.05, 4.69) is 50.4 Å². The first-order valence-electron chi connectivity index (χ1n) is 10.7. The van der Waals surface area contributed by atoms with E-state index in [1.165, 1.54) is 37.1 Å². The molecule has 1 fully saturated rings. The molecule has 2 aromatic heterocycles. The summed E-state index contributed by atoms with van der Waals surface area (Å²) in [4.78, 5) is 7.07. The number of pyridine rings is 1. The smallest absolute Gasteiger partial charge is 0.182 e. The summed E-state index contributed by atoms with van der Waals surface area (Å²) in [6, 6.07) is 15.4. The fraction of sp³-hybridized carbons (Fsp3) is 0.240. The molecular formula is C25H22ClN5O. The number of nitriles is 1. The number of anilines is 1. The summed E-state index contributed by atoms with van der Waals surface area (Å²) in [5.41, 5.74) is 5.74. The van der Waals surface area contributed by atoms with Gasteiger partial charge in [0.05, 0.1) is 21.7 Å². The number of phenols is 1. The van der Waals surface area contributed by atoms with Crippen LogP contribution in [0.15, 0.2) is 42.5 Å². The van der Waals surface area contributed by atoms with Crippen molar-refractivity contribution < 1.29 is 5.11 Å². The molecule has 3 heterocycles. The Morgan fingerprint density at radius 3 is 2.53 bits per heavy atom. The number of aromatic amines is 1. The Labute approximate surface area is 191 Å². The Kier molecular flexibility index (Phi) is 5.20. The molecule has 0 bridgehead atoms. The molecule has 2 N–H and O–H groups in total. The average molecular weight is 444 g/mol. The lowest BCUT2D eigenvalue weighted by molar-refractivity contribution is 0.475. The molecule has 0 radical (unpaired) electrons. The molecule has 0 saturated carbocycles. The second-order valence-corrected chi connectivity index (χ2v) is 8.54. The van der Waals surface area contributed by atoms with Crippen molar-refractivity contribution >= 4 is 28.3 Å². The summed E-state index contributed by atoms with van der Waals surface area (Å²) in [6.07, 6.45) is 3.73. The molecule has 1 saturated heterocycles. The molecule has 0 amide bonds. The van der Waals surface area contributed by atoms with Crippen LogP contribution in [-0.2, 0) is 0 Å². The fourth-order valence-electron chi connectivity index (χ4n) is 4.48. The SMILES string of the molecule is Cc1[nH]nc2nc(-c3ccc(O)cc3Cl)c(C#N)c(-c3ccc(N4CCCCC4)cc3)c12. The first-order chi connectivity index (χ1) is 15.6. The molecule has 32 heavy (non-hydrogen) atoms. The highest BCUT2D eigenvalue weighted by Gasteiger charge is 2.22. The molecule has 0 spiro atoms. The van der Waals surface area contributed by atoms with E-state index in [1.54, 1.807) is 6.07 Å². The molecule has 4 aromatic rings. The number of halogens is 1. The molecule has 160 valence electrons. The molecule has 1 aliphatic heterocycles. The van der Waals surface area contributed by atoms with Crippen molar-refractivity contribution in [1.29, 1.82) is 5.26 Å². The summed E-state index contributed by atoms with van der Waals surface area (Å²) in [7, 11) is 0. The number of hydrogen-bond acceptors (Lipinski definition) is 5. The van der Waals surface area contributed by atoms with E-state index >= 15 is 0 Å². The van der Waals surface area contributed by atoms with Gasteiger partial charge in [0.1, 0.15) is 11.8 Å². The van der Waals surface area contributed by atoms with Crippen LogP contribution in [0.5, 0.6) is 5.75 Å². The number of fused-ring (bicyclic) bond motifs is 1. The second kappa shape index (κ2) is 8.18.